The number of amidine groups is 2. The lowest BCUT2D eigenvalue weighted by Gasteiger charge is -2.20. The molecule has 2 aliphatic heterocycles. The highest BCUT2D eigenvalue weighted by atomic mass is 35.5. The predicted molar refractivity (Wildman–Crippen MR) is 131 cm³/mol. The van der Waals surface area contributed by atoms with Gasteiger partial charge in [0.2, 0.25) is 5.17 Å². The van der Waals surface area contributed by atoms with Crippen molar-refractivity contribution in [2.75, 3.05) is 20.3 Å². The van der Waals surface area contributed by atoms with Gasteiger partial charge in [0, 0.05) is 5.02 Å². The number of carbonyl (C=O) groups is 1. The molecule has 0 saturated carbocycles. The smallest absolute Gasteiger partial charge is 0.283 e. The average Bonchev–Trinajstić information content (AvgIpc) is 3.17. The summed E-state index contributed by atoms with van der Waals surface area (Å²) >= 11 is 7.30. The maximum atomic E-state index is 12.4. The Morgan fingerprint density at radius 2 is 1.91 bits per heavy atom. The maximum absolute atomic E-state index is 12.4. The number of hydrogen-bond acceptors (Lipinski definition) is 7. The van der Waals surface area contributed by atoms with Crippen molar-refractivity contribution in [1.29, 1.82) is 5.41 Å². The summed E-state index contributed by atoms with van der Waals surface area (Å²) in [6, 6.07) is 10.7. The van der Waals surface area contributed by atoms with Crippen LogP contribution in [0.2, 0.25) is 5.02 Å². The number of benzene rings is 2. The fraction of sp³-hybridized carbons (Fsp3) is 0.217. The summed E-state index contributed by atoms with van der Waals surface area (Å²) in [5.41, 5.74) is 1.77. The summed E-state index contributed by atoms with van der Waals surface area (Å²) in [6.07, 6.45) is 1.59. The third-order valence-electron chi connectivity index (χ3n) is 4.79. The molecule has 0 spiro atoms. The summed E-state index contributed by atoms with van der Waals surface area (Å²) < 4.78 is 17.0. The van der Waals surface area contributed by atoms with E-state index in [-0.39, 0.29) is 11.4 Å². The number of aliphatic imine (C=N–C) groups is 1. The molecule has 0 saturated heterocycles. The van der Waals surface area contributed by atoms with Gasteiger partial charge in [0.1, 0.15) is 19.0 Å². The number of hydrogen-bond donors (Lipinski definition) is 1. The number of aryl methyl sites for hydroxylation is 1. The number of halogens is 1. The topological polar surface area (TPSA) is 96.6 Å². The number of thioether (sulfide) groups is 1. The second kappa shape index (κ2) is 9.68. The molecular weight excluding hydrogens is 464 g/mol. The third-order valence-corrected chi connectivity index (χ3v) is 6.04. The molecule has 0 bridgehead atoms. The van der Waals surface area contributed by atoms with Crippen LogP contribution in [0.1, 0.15) is 18.1 Å². The number of rotatable bonds is 7. The Bertz CT molecular complexity index is 1220. The van der Waals surface area contributed by atoms with Gasteiger partial charge in [0.15, 0.2) is 17.3 Å². The van der Waals surface area contributed by atoms with Crippen LogP contribution in [0.3, 0.4) is 0 Å². The Kier molecular flexibility index (Phi) is 6.71. The first-order valence-corrected chi connectivity index (χ1v) is 11.2. The Morgan fingerprint density at radius 3 is 2.67 bits per heavy atom. The first-order chi connectivity index (χ1) is 15.9. The van der Waals surface area contributed by atoms with Gasteiger partial charge in [-0.1, -0.05) is 17.7 Å². The Labute approximate surface area is 200 Å². The summed E-state index contributed by atoms with van der Waals surface area (Å²) in [6.45, 7) is 4.37. The average molecular weight is 485 g/mol. The Hall–Kier alpha value is -3.30. The quantitative estimate of drug-likeness (QED) is 0.450. The molecule has 1 amide bonds. The Balaban J connectivity index is 1.43. The van der Waals surface area contributed by atoms with E-state index < -0.39 is 5.91 Å². The largest absolute Gasteiger partial charge is 0.493 e. The molecular formula is C23H21ClN4O4S. The van der Waals surface area contributed by atoms with Crippen molar-refractivity contribution in [2.24, 2.45) is 10.1 Å². The first kappa shape index (κ1) is 22.9. The molecule has 2 aliphatic rings. The van der Waals surface area contributed by atoms with Crippen molar-refractivity contribution in [1.82, 2.24) is 5.01 Å². The minimum absolute atomic E-state index is 0.0109. The van der Waals surface area contributed by atoms with Gasteiger partial charge >= 0.3 is 0 Å². The normalized spacial score (nSPS) is 16.5. The van der Waals surface area contributed by atoms with E-state index in [1.165, 1.54) is 23.9 Å². The van der Waals surface area contributed by atoms with Crippen molar-refractivity contribution in [3.8, 4) is 17.2 Å². The van der Waals surface area contributed by atoms with E-state index in [2.05, 4.69) is 10.1 Å². The maximum Gasteiger partial charge on any atom is 0.283 e. The van der Waals surface area contributed by atoms with Crippen LogP contribution >= 0.6 is 23.4 Å². The summed E-state index contributed by atoms with van der Waals surface area (Å²) in [5, 5.41) is 15.8. The highest BCUT2D eigenvalue weighted by molar-refractivity contribution is 8.26. The van der Waals surface area contributed by atoms with Gasteiger partial charge in [-0.3, -0.25) is 10.2 Å². The molecule has 2 heterocycles. The number of fused-ring (bicyclic) bond motifs is 1. The zero-order chi connectivity index (χ0) is 23.5. The van der Waals surface area contributed by atoms with Gasteiger partial charge in [0.05, 0.1) is 17.7 Å². The molecule has 10 heteroatoms. The van der Waals surface area contributed by atoms with E-state index in [0.29, 0.717) is 40.5 Å². The monoisotopic (exact) mass is 484 g/mol. The number of amides is 1. The van der Waals surface area contributed by atoms with Crippen LogP contribution in [-0.2, 0) is 4.79 Å². The lowest BCUT2D eigenvalue weighted by molar-refractivity contribution is -0.114. The van der Waals surface area contributed by atoms with Gasteiger partial charge in [-0.05, 0) is 73.1 Å². The molecule has 2 aromatic rings. The van der Waals surface area contributed by atoms with Gasteiger partial charge in [-0.25, -0.2) is 0 Å². The van der Waals surface area contributed by atoms with E-state index >= 15 is 0 Å². The molecule has 0 fully saturated rings. The second-order valence-electron chi connectivity index (χ2n) is 7.16. The Morgan fingerprint density at radius 1 is 1.12 bits per heavy atom. The van der Waals surface area contributed by atoms with Gasteiger partial charge in [0.25, 0.3) is 5.91 Å². The molecule has 0 radical (unpaired) electrons. The lowest BCUT2D eigenvalue weighted by Crippen LogP contribution is -2.35. The number of nitrogens with one attached hydrogen (secondary N) is 1. The van der Waals surface area contributed by atoms with Gasteiger partial charge < -0.3 is 14.2 Å². The zero-order valence-corrected chi connectivity index (χ0v) is 19.8. The van der Waals surface area contributed by atoms with E-state index in [4.69, 9.17) is 31.2 Å². The van der Waals surface area contributed by atoms with Crippen LogP contribution in [0.15, 0.2) is 52.1 Å². The number of hydrazone groups is 1. The second-order valence-corrected chi connectivity index (χ2v) is 8.72. The minimum Gasteiger partial charge on any atom is -0.493 e. The molecule has 0 atom stereocenters. The fourth-order valence-electron chi connectivity index (χ4n) is 3.17. The molecule has 8 nitrogen and oxygen atoms in total. The van der Waals surface area contributed by atoms with Crippen LogP contribution in [0.4, 0.5) is 0 Å². The first-order valence-electron chi connectivity index (χ1n) is 10.0. The number of methoxy groups -OCH3 is 1. The summed E-state index contributed by atoms with van der Waals surface area (Å²) in [7, 11) is 1.54. The molecule has 170 valence electrons. The van der Waals surface area contributed by atoms with Crippen molar-refractivity contribution in [3.63, 3.8) is 0 Å². The van der Waals surface area contributed by atoms with E-state index in [0.717, 1.165) is 16.4 Å². The van der Waals surface area contributed by atoms with Crippen molar-refractivity contribution < 1.29 is 19.0 Å². The molecule has 4 rings (SSSR count). The summed E-state index contributed by atoms with van der Waals surface area (Å²) in [4.78, 5) is 16.5. The SMILES string of the molecule is COc1cc(/C=C2/C(=N)N3N=C(C)SC3=NC2=O)ccc1OCCOc1ccc(Cl)c(C)c1. The number of nitrogens with zero attached hydrogens (tertiary/aromatic N) is 3. The molecule has 0 aliphatic carbocycles. The van der Waals surface area contributed by atoms with Crippen LogP contribution in [-0.4, -0.2) is 47.3 Å². The van der Waals surface area contributed by atoms with Crippen LogP contribution in [0.5, 0.6) is 17.2 Å². The molecule has 0 unspecified atom stereocenters. The van der Waals surface area contributed by atoms with Crippen LogP contribution in [0.25, 0.3) is 6.08 Å². The fourth-order valence-corrected chi connectivity index (χ4v) is 4.02. The van der Waals surface area contributed by atoms with Crippen LogP contribution < -0.4 is 14.2 Å². The minimum atomic E-state index is -0.475. The van der Waals surface area contributed by atoms with E-state index in [1.54, 1.807) is 37.3 Å². The lowest BCUT2D eigenvalue weighted by atomic mass is 10.1. The highest BCUT2D eigenvalue weighted by Crippen LogP contribution is 2.31. The zero-order valence-electron chi connectivity index (χ0n) is 18.2. The van der Waals surface area contributed by atoms with Gasteiger partial charge in [-0.2, -0.15) is 15.1 Å². The van der Waals surface area contributed by atoms with Crippen molar-refractivity contribution in [3.05, 3.63) is 58.1 Å². The molecule has 33 heavy (non-hydrogen) atoms. The highest BCUT2D eigenvalue weighted by Gasteiger charge is 2.34. The number of ether oxygens (including phenoxy) is 3. The third kappa shape index (κ3) is 5.04. The molecule has 1 N–H and O–H groups in total. The predicted octanol–water partition coefficient (Wildman–Crippen LogP) is 4.75. The standard InChI is InChI=1S/C23H21ClN4O4S/c1-13-10-16(5-6-18(13)24)31-8-9-32-19-7-4-15(12-20(19)30-3)11-17-21(25)28-23(26-22(17)29)33-14(2)27-28/h4-7,10-12,25H,8-9H2,1-3H3/b17-11-,25-21?. The summed E-state index contributed by atoms with van der Waals surface area (Å²) in [5.74, 6) is 1.27. The van der Waals surface area contributed by atoms with E-state index in [9.17, 15) is 4.79 Å². The van der Waals surface area contributed by atoms with Crippen molar-refractivity contribution in [2.45, 2.75) is 13.8 Å². The molecule has 0 aromatic heterocycles. The van der Waals surface area contributed by atoms with Gasteiger partial charge in [-0.15, -0.1) is 0 Å². The van der Waals surface area contributed by atoms with E-state index in [1.807, 2.05) is 19.1 Å². The van der Waals surface area contributed by atoms with Crippen LogP contribution in [0, 0.1) is 12.3 Å². The number of carbonyl (C=O) groups excluding carboxylic acids is 1. The molecule has 2 aromatic carbocycles. The van der Waals surface area contributed by atoms with Crippen molar-refractivity contribution >= 4 is 51.4 Å².